The summed E-state index contributed by atoms with van der Waals surface area (Å²) in [5.74, 6) is 0.477. The summed E-state index contributed by atoms with van der Waals surface area (Å²) in [6.07, 6.45) is 5.31. The molecule has 5 heterocycles. The van der Waals surface area contributed by atoms with Crippen LogP contribution < -0.4 is 10.0 Å². The van der Waals surface area contributed by atoms with E-state index in [-0.39, 0.29) is 15.6 Å². The van der Waals surface area contributed by atoms with Gasteiger partial charge in [0.25, 0.3) is 14.4 Å². The number of amides is 1. The number of carbonyl (C=O) groups is 1. The molecule has 1 aromatic carbocycles. The van der Waals surface area contributed by atoms with Crippen LogP contribution in [0.15, 0.2) is 71.5 Å². The summed E-state index contributed by atoms with van der Waals surface area (Å²) in [5, 5.41) is 15.7. The highest BCUT2D eigenvalue weighted by Gasteiger charge is 2.26. The molecule has 2 N–H and O–H groups in total. The van der Waals surface area contributed by atoms with Crippen LogP contribution in [0.4, 0.5) is 21.4 Å². The van der Waals surface area contributed by atoms with E-state index in [0.29, 0.717) is 42.2 Å². The topological polar surface area (TPSA) is 160 Å². The van der Waals surface area contributed by atoms with Gasteiger partial charge < -0.3 is 15.0 Å². The van der Waals surface area contributed by atoms with Crippen molar-refractivity contribution in [1.29, 1.82) is 0 Å². The summed E-state index contributed by atoms with van der Waals surface area (Å²) in [5.41, 5.74) is 3.08. The summed E-state index contributed by atoms with van der Waals surface area (Å²) in [6, 6.07) is 14.1. The molecule has 0 atom stereocenters. The van der Waals surface area contributed by atoms with Crippen LogP contribution in [0.2, 0.25) is 0 Å². The Morgan fingerprint density at radius 1 is 0.957 bits per heavy atom. The Hall–Kier alpha value is -4.67. The van der Waals surface area contributed by atoms with Crippen LogP contribution in [0.3, 0.4) is 0 Å². The van der Waals surface area contributed by atoms with Crippen molar-refractivity contribution in [3.8, 4) is 11.1 Å². The molecule has 240 valence electrons. The molecular formula is C30H34N10O4S2. The van der Waals surface area contributed by atoms with Crippen molar-refractivity contribution in [2.45, 2.75) is 37.3 Å². The van der Waals surface area contributed by atoms with Gasteiger partial charge in [-0.25, -0.2) is 9.78 Å². The van der Waals surface area contributed by atoms with Gasteiger partial charge in [0, 0.05) is 61.9 Å². The average Bonchev–Trinajstić information content (AvgIpc) is 3.70. The molecule has 5 aromatic rings. The minimum absolute atomic E-state index is 0.163. The number of benzene rings is 1. The molecule has 14 nitrogen and oxygen atoms in total. The van der Waals surface area contributed by atoms with E-state index >= 15 is 0 Å². The monoisotopic (exact) mass is 662 g/mol. The fraction of sp³-hybridized carbons (Fsp3) is 0.333. The summed E-state index contributed by atoms with van der Waals surface area (Å²) >= 11 is 0.903. The molecule has 46 heavy (non-hydrogen) atoms. The zero-order valence-electron chi connectivity index (χ0n) is 25.6. The second kappa shape index (κ2) is 13.0. The standard InChI is InChI=1S/C30H34N10O4S2/c1-30(2,3)44-29(41)39-14-11-38(12-15-39)13-16-40-20-22(19-32-40)21-17-25-24(31-18-21)9-10-26(33-25)34-27-35-36-28(45-27)46(42,43)37-23-7-5-4-6-8-23/h4-10,17-20,37H,11-16H2,1-3H3,(H,33,34,35). The van der Waals surface area contributed by atoms with E-state index in [2.05, 4.69) is 40.2 Å². The second-order valence-electron chi connectivity index (χ2n) is 11.7. The van der Waals surface area contributed by atoms with E-state index in [4.69, 9.17) is 4.74 Å². The fourth-order valence-corrected chi connectivity index (χ4v) is 6.74. The predicted octanol–water partition coefficient (Wildman–Crippen LogP) is 4.44. The van der Waals surface area contributed by atoms with E-state index in [1.807, 2.05) is 43.8 Å². The predicted molar refractivity (Wildman–Crippen MR) is 175 cm³/mol. The number of rotatable bonds is 9. The number of aromatic nitrogens is 6. The number of hydrogen-bond donors (Lipinski definition) is 2. The van der Waals surface area contributed by atoms with E-state index in [0.717, 1.165) is 42.1 Å². The van der Waals surface area contributed by atoms with Crippen LogP contribution in [0.5, 0.6) is 0 Å². The summed E-state index contributed by atoms with van der Waals surface area (Å²) in [6.45, 7) is 9.98. The Morgan fingerprint density at radius 2 is 1.74 bits per heavy atom. The number of carbonyl (C=O) groups excluding carboxylic acids is 1. The molecule has 1 aliphatic rings. The number of anilines is 3. The average molecular weight is 663 g/mol. The van der Waals surface area contributed by atoms with Crippen molar-refractivity contribution < 1.29 is 17.9 Å². The molecule has 0 saturated carbocycles. The van der Waals surface area contributed by atoms with Gasteiger partial charge in [-0.3, -0.25) is 19.3 Å². The van der Waals surface area contributed by atoms with Crippen molar-refractivity contribution in [2.75, 3.05) is 42.8 Å². The second-order valence-corrected chi connectivity index (χ2v) is 14.6. The number of fused-ring (bicyclic) bond motifs is 1. The quantitative estimate of drug-likeness (QED) is 0.230. The highest BCUT2D eigenvalue weighted by atomic mass is 32.2. The summed E-state index contributed by atoms with van der Waals surface area (Å²) in [4.78, 5) is 25.6. The molecule has 1 saturated heterocycles. The van der Waals surface area contributed by atoms with E-state index in [9.17, 15) is 13.2 Å². The third kappa shape index (κ3) is 7.75. The Bertz CT molecular complexity index is 1930. The van der Waals surface area contributed by atoms with Crippen molar-refractivity contribution in [2.24, 2.45) is 0 Å². The maximum absolute atomic E-state index is 12.7. The maximum atomic E-state index is 12.7. The Labute approximate surface area is 270 Å². The lowest BCUT2D eigenvalue weighted by molar-refractivity contribution is 0.0142. The molecule has 1 aliphatic heterocycles. The number of pyridine rings is 2. The third-order valence-electron chi connectivity index (χ3n) is 7.07. The van der Waals surface area contributed by atoms with Gasteiger partial charge in [-0.15, -0.1) is 10.2 Å². The molecule has 0 aliphatic carbocycles. The van der Waals surface area contributed by atoms with Crippen LogP contribution in [-0.4, -0.2) is 92.6 Å². The molecular weight excluding hydrogens is 629 g/mol. The number of sulfonamides is 1. The van der Waals surface area contributed by atoms with Gasteiger partial charge in [-0.05, 0) is 51.1 Å². The molecule has 0 radical (unpaired) electrons. The van der Waals surface area contributed by atoms with Crippen LogP contribution in [-0.2, 0) is 21.3 Å². The van der Waals surface area contributed by atoms with E-state index in [1.54, 1.807) is 53.7 Å². The zero-order chi connectivity index (χ0) is 32.3. The largest absolute Gasteiger partial charge is 0.444 e. The number of nitrogens with one attached hydrogen (secondary N) is 2. The van der Waals surface area contributed by atoms with Crippen LogP contribution >= 0.6 is 11.3 Å². The normalized spacial score (nSPS) is 14.4. The first-order valence-corrected chi connectivity index (χ1v) is 17.0. The van der Waals surface area contributed by atoms with Crippen molar-refractivity contribution in [3.63, 3.8) is 0 Å². The van der Waals surface area contributed by atoms with E-state index in [1.165, 1.54) is 0 Å². The SMILES string of the molecule is CC(C)(C)OC(=O)N1CCN(CCn2cc(-c3cnc4ccc(Nc5nnc(S(=O)(=O)Nc6ccccc6)s5)nc4c3)cn2)CC1. The minimum Gasteiger partial charge on any atom is -0.444 e. The first-order chi connectivity index (χ1) is 22.0. The number of piperazine rings is 1. The van der Waals surface area contributed by atoms with E-state index < -0.39 is 15.6 Å². The number of hydrogen-bond acceptors (Lipinski definition) is 12. The fourth-order valence-electron chi connectivity index (χ4n) is 4.78. The smallest absolute Gasteiger partial charge is 0.410 e. The zero-order valence-corrected chi connectivity index (χ0v) is 27.3. The Balaban J connectivity index is 1.06. The number of para-hydroxylation sites is 1. The third-order valence-corrected chi connectivity index (χ3v) is 9.66. The molecule has 6 rings (SSSR count). The van der Waals surface area contributed by atoms with Crippen LogP contribution in [0.25, 0.3) is 22.2 Å². The first-order valence-electron chi connectivity index (χ1n) is 14.7. The molecule has 0 bridgehead atoms. The number of ether oxygens (including phenoxy) is 1. The summed E-state index contributed by atoms with van der Waals surface area (Å²) in [7, 11) is -3.88. The van der Waals surface area contributed by atoms with Crippen molar-refractivity contribution >= 4 is 55.1 Å². The highest BCUT2D eigenvalue weighted by molar-refractivity contribution is 7.94. The van der Waals surface area contributed by atoms with Gasteiger partial charge in [0.2, 0.25) is 5.13 Å². The van der Waals surface area contributed by atoms with Gasteiger partial charge in [0.1, 0.15) is 11.4 Å². The molecule has 1 amide bonds. The molecule has 0 spiro atoms. The minimum atomic E-state index is -3.88. The molecule has 1 fully saturated rings. The van der Waals surface area contributed by atoms with Crippen molar-refractivity contribution in [3.05, 3.63) is 67.1 Å². The van der Waals surface area contributed by atoms with Gasteiger partial charge >= 0.3 is 6.09 Å². The lowest BCUT2D eigenvalue weighted by atomic mass is 10.1. The number of nitrogens with zero attached hydrogens (tertiary/aromatic N) is 8. The molecule has 16 heteroatoms. The van der Waals surface area contributed by atoms with Crippen LogP contribution in [0.1, 0.15) is 20.8 Å². The van der Waals surface area contributed by atoms with Crippen molar-refractivity contribution in [1.82, 2.24) is 39.7 Å². The summed E-state index contributed by atoms with van der Waals surface area (Å²) < 4.78 is 35.2. The maximum Gasteiger partial charge on any atom is 0.410 e. The molecule has 4 aromatic heterocycles. The van der Waals surface area contributed by atoms with Gasteiger partial charge in [0.05, 0.1) is 23.8 Å². The lowest BCUT2D eigenvalue weighted by Gasteiger charge is -2.35. The first kappa shape index (κ1) is 31.3. The molecule has 0 unspecified atom stereocenters. The Kier molecular flexibility index (Phi) is 8.84. The van der Waals surface area contributed by atoms with Gasteiger partial charge in [0.15, 0.2) is 0 Å². The Morgan fingerprint density at radius 3 is 2.50 bits per heavy atom. The van der Waals surface area contributed by atoms with Gasteiger partial charge in [-0.2, -0.15) is 13.5 Å². The van der Waals surface area contributed by atoms with Crippen LogP contribution in [0, 0.1) is 0 Å². The van der Waals surface area contributed by atoms with Gasteiger partial charge in [-0.1, -0.05) is 29.5 Å². The highest BCUT2D eigenvalue weighted by Crippen LogP contribution is 2.27. The lowest BCUT2D eigenvalue weighted by Crippen LogP contribution is -2.50.